The molecule has 0 amide bonds. The van der Waals surface area contributed by atoms with Crippen molar-refractivity contribution in [3.8, 4) is 0 Å². The first kappa shape index (κ1) is 16.8. The molecule has 1 heterocycles. The van der Waals surface area contributed by atoms with Crippen LogP contribution in [0.25, 0.3) is 0 Å². The van der Waals surface area contributed by atoms with Crippen LogP contribution < -0.4 is 5.32 Å². The van der Waals surface area contributed by atoms with E-state index in [9.17, 15) is 8.78 Å². The van der Waals surface area contributed by atoms with E-state index in [0.717, 1.165) is 51.0 Å². The number of hydrogen-bond donors (Lipinski definition) is 1. The molecule has 1 aliphatic heterocycles. The minimum Gasteiger partial charge on any atom is -0.381 e. The summed E-state index contributed by atoms with van der Waals surface area (Å²) < 4.78 is 32.7. The molecule has 5 heteroatoms. The van der Waals surface area contributed by atoms with Gasteiger partial charge < -0.3 is 10.1 Å². The van der Waals surface area contributed by atoms with Crippen LogP contribution in [0.15, 0.2) is 16.6 Å². The van der Waals surface area contributed by atoms with Crippen molar-refractivity contribution in [2.45, 2.75) is 38.6 Å². The van der Waals surface area contributed by atoms with Gasteiger partial charge in [-0.25, -0.2) is 8.78 Å². The maximum absolute atomic E-state index is 13.8. The molecule has 1 aliphatic rings. The minimum absolute atomic E-state index is 0.0394. The molecule has 0 aliphatic carbocycles. The maximum atomic E-state index is 13.8. The highest BCUT2D eigenvalue weighted by molar-refractivity contribution is 9.10. The highest BCUT2D eigenvalue weighted by Crippen LogP contribution is 2.33. The van der Waals surface area contributed by atoms with Crippen molar-refractivity contribution >= 4 is 15.9 Å². The van der Waals surface area contributed by atoms with Crippen molar-refractivity contribution in [1.29, 1.82) is 0 Å². The third-order valence-electron chi connectivity index (χ3n) is 3.99. The number of hydrogen-bond acceptors (Lipinski definition) is 2. The molecule has 0 saturated carbocycles. The van der Waals surface area contributed by atoms with E-state index in [-0.39, 0.29) is 10.5 Å². The normalized spacial score (nSPS) is 17.9. The molecule has 2 rings (SSSR count). The van der Waals surface area contributed by atoms with Gasteiger partial charge in [0, 0.05) is 19.3 Å². The van der Waals surface area contributed by atoms with Gasteiger partial charge in [0.2, 0.25) is 0 Å². The molecule has 1 aromatic carbocycles. The molecule has 2 nitrogen and oxygen atoms in total. The lowest BCUT2D eigenvalue weighted by Gasteiger charge is -2.28. The molecule has 1 saturated heterocycles. The zero-order valence-electron chi connectivity index (χ0n) is 12.3. The van der Waals surface area contributed by atoms with Crippen molar-refractivity contribution in [1.82, 2.24) is 5.32 Å². The Morgan fingerprint density at radius 1 is 1.33 bits per heavy atom. The second-order valence-corrected chi connectivity index (χ2v) is 6.36. The molecule has 1 atom stereocenters. The molecule has 0 aromatic heterocycles. The summed E-state index contributed by atoms with van der Waals surface area (Å²) in [6.45, 7) is 4.55. The van der Waals surface area contributed by atoms with E-state index in [4.69, 9.17) is 4.74 Å². The molecule has 21 heavy (non-hydrogen) atoms. The number of ether oxygens (including phenoxy) is 1. The number of halogens is 3. The molecular weight excluding hydrogens is 340 g/mol. The van der Waals surface area contributed by atoms with Gasteiger partial charge in [0.1, 0.15) is 0 Å². The second kappa shape index (κ2) is 8.20. The standard InChI is InChI=1S/C16H22BrF2NO/c1-2-7-20-14(10-11-5-8-21-9-6-11)12-3-4-13(18)16(19)15(12)17/h3-4,11,14,20H,2,5-10H2,1H3. The van der Waals surface area contributed by atoms with Gasteiger partial charge in [0.05, 0.1) is 4.47 Å². The molecule has 1 unspecified atom stereocenters. The maximum Gasteiger partial charge on any atom is 0.173 e. The average Bonchev–Trinajstić information content (AvgIpc) is 2.51. The Morgan fingerprint density at radius 2 is 2.05 bits per heavy atom. The van der Waals surface area contributed by atoms with Crippen LogP contribution in [0.2, 0.25) is 0 Å². The smallest absolute Gasteiger partial charge is 0.173 e. The number of benzene rings is 1. The first-order valence-electron chi connectivity index (χ1n) is 7.58. The first-order chi connectivity index (χ1) is 10.1. The van der Waals surface area contributed by atoms with Crippen LogP contribution in [0.5, 0.6) is 0 Å². The molecule has 0 bridgehead atoms. The van der Waals surface area contributed by atoms with Gasteiger partial charge in [-0.2, -0.15) is 0 Å². The van der Waals surface area contributed by atoms with Crippen molar-refractivity contribution < 1.29 is 13.5 Å². The monoisotopic (exact) mass is 361 g/mol. The summed E-state index contributed by atoms with van der Waals surface area (Å²) in [6.07, 6.45) is 4.00. The fourth-order valence-electron chi connectivity index (χ4n) is 2.76. The fraction of sp³-hybridized carbons (Fsp3) is 0.625. The topological polar surface area (TPSA) is 21.3 Å². The summed E-state index contributed by atoms with van der Waals surface area (Å²) in [5.41, 5.74) is 0.800. The number of nitrogens with one attached hydrogen (secondary N) is 1. The zero-order chi connectivity index (χ0) is 15.2. The molecule has 1 N–H and O–H groups in total. The molecule has 1 fully saturated rings. The Labute approximate surface area is 133 Å². The minimum atomic E-state index is -0.814. The Balaban J connectivity index is 2.16. The van der Waals surface area contributed by atoms with Crippen LogP contribution >= 0.6 is 15.9 Å². The summed E-state index contributed by atoms with van der Waals surface area (Å²) in [4.78, 5) is 0. The van der Waals surface area contributed by atoms with E-state index in [1.54, 1.807) is 6.07 Å². The van der Waals surface area contributed by atoms with E-state index in [0.29, 0.717) is 5.92 Å². The van der Waals surface area contributed by atoms with Gasteiger partial charge in [-0.05, 0) is 65.7 Å². The molecule has 1 aromatic rings. The van der Waals surface area contributed by atoms with Gasteiger partial charge in [-0.15, -0.1) is 0 Å². The van der Waals surface area contributed by atoms with Crippen LogP contribution in [0, 0.1) is 17.6 Å². The lowest BCUT2D eigenvalue weighted by atomic mass is 9.89. The van der Waals surface area contributed by atoms with Crippen molar-refractivity contribution in [3.05, 3.63) is 33.8 Å². The van der Waals surface area contributed by atoms with Gasteiger partial charge >= 0.3 is 0 Å². The van der Waals surface area contributed by atoms with Crippen LogP contribution in [0.1, 0.15) is 44.2 Å². The van der Waals surface area contributed by atoms with Gasteiger partial charge in [0.15, 0.2) is 11.6 Å². The predicted octanol–water partition coefficient (Wildman–Crippen LogP) is 4.58. The third-order valence-corrected chi connectivity index (χ3v) is 4.80. The lowest BCUT2D eigenvalue weighted by molar-refractivity contribution is 0.0605. The summed E-state index contributed by atoms with van der Waals surface area (Å²) >= 11 is 3.21. The SMILES string of the molecule is CCCNC(CC1CCOCC1)c1ccc(F)c(F)c1Br. The third kappa shape index (κ3) is 4.47. The number of rotatable bonds is 6. The van der Waals surface area contributed by atoms with Crippen molar-refractivity contribution in [2.75, 3.05) is 19.8 Å². The first-order valence-corrected chi connectivity index (χ1v) is 8.37. The highest BCUT2D eigenvalue weighted by atomic mass is 79.9. The van der Waals surface area contributed by atoms with Gasteiger partial charge in [0.25, 0.3) is 0 Å². The van der Waals surface area contributed by atoms with Crippen LogP contribution in [-0.4, -0.2) is 19.8 Å². The lowest BCUT2D eigenvalue weighted by Crippen LogP contribution is -2.27. The Hall–Kier alpha value is -0.520. The van der Waals surface area contributed by atoms with Crippen LogP contribution in [0.3, 0.4) is 0 Å². The largest absolute Gasteiger partial charge is 0.381 e. The van der Waals surface area contributed by atoms with Crippen molar-refractivity contribution in [2.24, 2.45) is 5.92 Å². The van der Waals surface area contributed by atoms with E-state index in [1.807, 2.05) is 0 Å². The highest BCUT2D eigenvalue weighted by Gasteiger charge is 2.23. The summed E-state index contributed by atoms with van der Waals surface area (Å²) in [7, 11) is 0. The summed E-state index contributed by atoms with van der Waals surface area (Å²) in [6, 6.07) is 2.92. The molecule has 118 valence electrons. The van der Waals surface area contributed by atoms with Gasteiger partial charge in [-0.3, -0.25) is 0 Å². The second-order valence-electron chi connectivity index (χ2n) is 5.56. The Kier molecular flexibility index (Phi) is 6.58. The average molecular weight is 362 g/mol. The quantitative estimate of drug-likeness (QED) is 0.748. The van der Waals surface area contributed by atoms with Gasteiger partial charge in [-0.1, -0.05) is 13.0 Å². The summed E-state index contributed by atoms with van der Waals surface area (Å²) in [5.74, 6) is -1.05. The molecular formula is C16H22BrF2NO. The predicted molar refractivity (Wildman–Crippen MR) is 83.3 cm³/mol. The van der Waals surface area contributed by atoms with Crippen molar-refractivity contribution in [3.63, 3.8) is 0 Å². The van der Waals surface area contributed by atoms with Crippen LogP contribution in [-0.2, 0) is 4.74 Å². The van der Waals surface area contributed by atoms with E-state index in [2.05, 4.69) is 28.2 Å². The Bertz CT molecular complexity index is 464. The molecule has 0 radical (unpaired) electrons. The summed E-state index contributed by atoms with van der Waals surface area (Å²) in [5, 5.41) is 3.46. The van der Waals surface area contributed by atoms with Crippen LogP contribution in [0.4, 0.5) is 8.78 Å². The zero-order valence-corrected chi connectivity index (χ0v) is 13.9. The Morgan fingerprint density at radius 3 is 2.71 bits per heavy atom. The molecule has 0 spiro atoms. The fourth-order valence-corrected chi connectivity index (χ4v) is 3.36. The van der Waals surface area contributed by atoms with E-state index >= 15 is 0 Å². The van der Waals surface area contributed by atoms with E-state index < -0.39 is 11.6 Å². The van der Waals surface area contributed by atoms with E-state index in [1.165, 1.54) is 6.07 Å².